The largest absolute Gasteiger partial charge is 0.453 e. The lowest BCUT2D eigenvalue weighted by Crippen LogP contribution is -2.30. The summed E-state index contributed by atoms with van der Waals surface area (Å²) in [6.45, 7) is 6.97. The van der Waals surface area contributed by atoms with E-state index >= 15 is 0 Å². The molecule has 16 heavy (non-hydrogen) atoms. The first-order chi connectivity index (χ1) is 7.54. The highest BCUT2D eigenvalue weighted by Crippen LogP contribution is 2.15. The predicted molar refractivity (Wildman–Crippen MR) is 59.6 cm³/mol. The number of amides is 1. The predicted octanol–water partition coefficient (Wildman–Crippen LogP) is 1.36. The molecule has 0 aliphatic heterocycles. The zero-order valence-electron chi connectivity index (χ0n) is 9.87. The van der Waals surface area contributed by atoms with Crippen molar-refractivity contribution in [2.24, 2.45) is 11.8 Å². The van der Waals surface area contributed by atoms with Crippen LogP contribution < -0.4 is 11.3 Å². The van der Waals surface area contributed by atoms with E-state index in [4.69, 9.17) is 15.0 Å². The van der Waals surface area contributed by atoms with Gasteiger partial charge in [0.05, 0.1) is 0 Å². The van der Waals surface area contributed by atoms with E-state index in [0.29, 0.717) is 24.9 Å². The molecule has 0 saturated carbocycles. The van der Waals surface area contributed by atoms with Gasteiger partial charge in [-0.2, -0.15) is 0 Å². The molecular weight excluding hydrogens is 208 g/mol. The molecule has 0 spiro atoms. The molecule has 0 aromatic carbocycles. The number of rotatable bonds is 5. The summed E-state index contributed by atoms with van der Waals surface area (Å²) < 4.78 is 10.7. The van der Waals surface area contributed by atoms with Crippen LogP contribution in [0.5, 0.6) is 0 Å². The lowest BCUT2D eigenvalue weighted by atomic mass is 10.2. The summed E-state index contributed by atoms with van der Waals surface area (Å²) >= 11 is 0. The number of nitrogen functional groups attached to an aromatic ring is 1. The minimum absolute atomic E-state index is 0.241. The minimum Gasteiger partial charge on any atom is -0.453 e. The van der Waals surface area contributed by atoms with Crippen molar-refractivity contribution >= 4 is 5.91 Å². The average Bonchev–Trinajstić information content (AvgIpc) is 2.58. The number of nitrogens with one attached hydrogen (secondary N) is 1. The van der Waals surface area contributed by atoms with E-state index < -0.39 is 5.91 Å². The van der Waals surface area contributed by atoms with E-state index in [1.807, 2.05) is 5.43 Å². The lowest BCUT2D eigenvalue weighted by molar-refractivity contribution is 0.0806. The quantitative estimate of drug-likeness (QED) is 0.451. The standard InChI is InChI=1S/C11H18N2O3/c1-7(2)5-15-6-9-4-8(3)10(16-9)11(14)13-12/h4,7H,5-6,12H2,1-3H3,(H,13,14). The second-order valence-electron chi connectivity index (χ2n) is 4.11. The van der Waals surface area contributed by atoms with Gasteiger partial charge < -0.3 is 9.15 Å². The average molecular weight is 226 g/mol. The highest BCUT2D eigenvalue weighted by molar-refractivity contribution is 5.92. The van der Waals surface area contributed by atoms with Crippen molar-refractivity contribution < 1.29 is 13.9 Å². The van der Waals surface area contributed by atoms with E-state index in [1.165, 1.54) is 0 Å². The summed E-state index contributed by atoms with van der Waals surface area (Å²) in [6, 6.07) is 1.78. The Balaban J connectivity index is 2.59. The fourth-order valence-electron chi connectivity index (χ4n) is 1.31. The summed E-state index contributed by atoms with van der Waals surface area (Å²) in [5.74, 6) is 5.96. The van der Waals surface area contributed by atoms with Crippen LogP contribution in [-0.2, 0) is 11.3 Å². The maximum Gasteiger partial charge on any atom is 0.301 e. The van der Waals surface area contributed by atoms with Crippen LogP contribution in [0.25, 0.3) is 0 Å². The van der Waals surface area contributed by atoms with Crippen LogP contribution in [0.3, 0.4) is 0 Å². The molecule has 1 rings (SSSR count). The molecule has 1 heterocycles. The van der Waals surface area contributed by atoms with Crippen LogP contribution in [0, 0.1) is 12.8 Å². The van der Waals surface area contributed by atoms with Gasteiger partial charge in [0.25, 0.3) is 0 Å². The highest BCUT2D eigenvalue weighted by atomic mass is 16.5. The molecule has 1 aromatic rings. The minimum atomic E-state index is -0.424. The molecule has 0 radical (unpaired) electrons. The molecule has 0 saturated heterocycles. The fraction of sp³-hybridized carbons (Fsp3) is 0.545. The summed E-state index contributed by atoms with van der Waals surface area (Å²) in [4.78, 5) is 11.3. The molecule has 0 aliphatic carbocycles. The Kier molecular flexibility index (Phi) is 4.52. The second-order valence-corrected chi connectivity index (χ2v) is 4.11. The smallest absolute Gasteiger partial charge is 0.301 e. The number of furan rings is 1. The number of carbonyl (C=O) groups is 1. The molecule has 0 unspecified atom stereocenters. The number of aryl methyl sites for hydroxylation is 1. The summed E-state index contributed by atoms with van der Waals surface area (Å²) in [6.07, 6.45) is 0. The van der Waals surface area contributed by atoms with Gasteiger partial charge in [-0.25, -0.2) is 5.84 Å². The molecule has 5 nitrogen and oxygen atoms in total. The van der Waals surface area contributed by atoms with Crippen LogP contribution in [0.1, 0.15) is 35.7 Å². The third-order valence-electron chi connectivity index (χ3n) is 2.00. The summed E-state index contributed by atoms with van der Waals surface area (Å²) in [7, 11) is 0. The second kappa shape index (κ2) is 5.67. The maximum atomic E-state index is 11.3. The monoisotopic (exact) mass is 226 g/mol. The summed E-state index contributed by atoms with van der Waals surface area (Å²) in [5.41, 5.74) is 2.79. The molecule has 0 fully saturated rings. The Morgan fingerprint density at radius 2 is 2.31 bits per heavy atom. The van der Waals surface area contributed by atoms with Crippen LogP contribution >= 0.6 is 0 Å². The third-order valence-corrected chi connectivity index (χ3v) is 2.00. The van der Waals surface area contributed by atoms with E-state index in [9.17, 15) is 4.79 Å². The van der Waals surface area contributed by atoms with Crippen molar-refractivity contribution in [1.29, 1.82) is 0 Å². The molecule has 1 aromatic heterocycles. The topological polar surface area (TPSA) is 77.5 Å². The fourth-order valence-corrected chi connectivity index (χ4v) is 1.31. The molecular formula is C11H18N2O3. The number of nitrogens with two attached hydrogens (primary N) is 1. The van der Waals surface area contributed by atoms with Crippen LogP contribution in [0.4, 0.5) is 0 Å². The van der Waals surface area contributed by atoms with Gasteiger partial charge in [0, 0.05) is 12.2 Å². The van der Waals surface area contributed by atoms with Crippen LogP contribution in [-0.4, -0.2) is 12.5 Å². The number of hydrazine groups is 1. The van der Waals surface area contributed by atoms with Crippen molar-refractivity contribution in [1.82, 2.24) is 5.43 Å². The van der Waals surface area contributed by atoms with Gasteiger partial charge in [0.2, 0.25) is 0 Å². The van der Waals surface area contributed by atoms with Gasteiger partial charge in [-0.1, -0.05) is 13.8 Å². The van der Waals surface area contributed by atoms with Crippen molar-refractivity contribution in [2.45, 2.75) is 27.4 Å². The van der Waals surface area contributed by atoms with E-state index in [2.05, 4.69) is 13.8 Å². The zero-order chi connectivity index (χ0) is 12.1. The number of hydrogen-bond donors (Lipinski definition) is 2. The Morgan fingerprint density at radius 3 is 2.88 bits per heavy atom. The molecule has 0 bridgehead atoms. The van der Waals surface area contributed by atoms with E-state index in [-0.39, 0.29) is 5.76 Å². The van der Waals surface area contributed by atoms with Gasteiger partial charge in [-0.3, -0.25) is 10.2 Å². The normalized spacial score (nSPS) is 10.8. The Morgan fingerprint density at radius 1 is 1.62 bits per heavy atom. The van der Waals surface area contributed by atoms with Crippen LogP contribution in [0.15, 0.2) is 10.5 Å². The van der Waals surface area contributed by atoms with Crippen molar-refractivity contribution in [3.05, 3.63) is 23.2 Å². The summed E-state index contributed by atoms with van der Waals surface area (Å²) in [5, 5.41) is 0. The first-order valence-electron chi connectivity index (χ1n) is 5.22. The first-order valence-corrected chi connectivity index (χ1v) is 5.22. The number of ether oxygens (including phenoxy) is 1. The maximum absolute atomic E-state index is 11.3. The molecule has 0 aliphatic rings. The van der Waals surface area contributed by atoms with Gasteiger partial charge in [0.15, 0.2) is 5.76 Å². The molecule has 90 valence electrons. The highest BCUT2D eigenvalue weighted by Gasteiger charge is 2.14. The molecule has 3 N–H and O–H groups in total. The van der Waals surface area contributed by atoms with Gasteiger partial charge in [-0.05, 0) is 18.9 Å². The van der Waals surface area contributed by atoms with Crippen molar-refractivity contribution in [3.63, 3.8) is 0 Å². The van der Waals surface area contributed by atoms with Crippen molar-refractivity contribution in [3.8, 4) is 0 Å². The number of carbonyl (C=O) groups excluding carboxylic acids is 1. The van der Waals surface area contributed by atoms with E-state index in [0.717, 1.165) is 5.56 Å². The SMILES string of the molecule is Cc1cc(COCC(C)C)oc1C(=O)NN. The zero-order valence-corrected chi connectivity index (χ0v) is 9.87. The number of hydrogen-bond acceptors (Lipinski definition) is 4. The van der Waals surface area contributed by atoms with Gasteiger partial charge >= 0.3 is 5.91 Å². The van der Waals surface area contributed by atoms with E-state index in [1.54, 1.807) is 13.0 Å². The Bertz CT molecular complexity index is 358. The Hall–Kier alpha value is -1.33. The first kappa shape index (κ1) is 12.7. The Labute approximate surface area is 94.9 Å². The van der Waals surface area contributed by atoms with Gasteiger partial charge in [-0.15, -0.1) is 0 Å². The van der Waals surface area contributed by atoms with Crippen LogP contribution in [0.2, 0.25) is 0 Å². The molecule has 0 atom stereocenters. The lowest BCUT2D eigenvalue weighted by Gasteiger charge is -2.04. The third kappa shape index (κ3) is 3.36. The van der Waals surface area contributed by atoms with Gasteiger partial charge in [0.1, 0.15) is 12.4 Å². The molecule has 5 heteroatoms. The van der Waals surface area contributed by atoms with Crippen molar-refractivity contribution in [2.75, 3.05) is 6.61 Å². The molecule has 1 amide bonds.